The molecule has 0 radical (unpaired) electrons. The molecule has 1 aromatic heterocycles. The zero-order chi connectivity index (χ0) is 13.2. The van der Waals surface area contributed by atoms with Gasteiger partial charge in [-0.05, 0) is 36.4 Å². The molecular formula is C15H13N3O. The van der Waals surface area contributed by atoms with Gasteiger partial charge in [0.1, 0.15) is 0 Å². The average molecular weight is 251 g/mol. The van der Waals surface area contributed by atoms with Gasteiger partial charge < -0.3 is 10.3 Å². The standard InChI is InChI=1S/C15H13N3O/c16-12-7-5-11(6-8-12)15(19)9-18-10-17-13-3-1-2-4-14(13)18/h1-8,10H,9,16H2. The van der Waals surface area contributed by atoms with Crippen molar-refractivity contribution in [1.29, 1.82) is 0 Å². The van der Waals surface area contributed by atoms with Gasteiger partial charge in [-0.3, -0.25) is 4.79 Å². The molecule has 4 heteroatoms. The minimum absolute atomic E-state index is 0.0446. The highest BCUT2D eigenvalue weighted by molar-refractivity contribution is 5.96. The smallest absolute Gasteiger partial charge is 0.182 e. The maximum Gasteiger partial charge on any atom is 0.182 e. The summed E-state index contributed by atoms with van der Waals surface area (Å²) in [4.78, 5) is 16.4. The van der Waals surface area contributed by atoms with Crippen molar-refractivity contribution in [3.05, 3.63) is 60.4 Å². The second-order valence-electron chi connectivity index (χ2n) is 4.41. The first kappa shape index (κ1) is 11.5. The highest BCUT2D eigenvalue weighted by Gasteiger charge is 2.09. The van der Waals surface area contributed by atoms with E-state index in [-0.39, 0.29) is 12.3 Å². The molecule has 0 saturated carbocycles. The summed E-state index contributed by atoms with van der Waals surface area (Å²) in [6, 6.07) is 14.7. The molecule has 0 bridgehead atoms. The zero-order valence-electron chi connectivity index (χ0n) is 10.3. The van der Waals surface area contributed by atoms with Crippen LogP contribution in [0.1, 0.15) is 10.4 Å². The Morgan fingerprint density at radius 2 is 1.84 bits per heavy atom. The molecular weight excluding hydrogens is 238 g/mol. The Labute approximate surface area is 110 Å². The molecule has 0 amide bonds. The number of para-hydroxylation sites is 2. The Bertz CT molecular complexity index is 728. The van der Waals surface area contributed by atoms with Crippen LogP contribution < -0.4 is 5.73 Å². The van der Waals surface area contributed by atoms with Crippen molar-refractivity contribution in [3.63, 3.8) is 0 Å². The molecule has 0 fully saturated rings. The predicted octanol–water partition coefficient (Wildman–Crippen LogP) is 2.50. The van der Waals surface area contributed by atoms with Gasteiger partial charge in [0.2, 0.25) is 0 Å². The van der Waals surface area contributed by atoms with Crippen molar-refractivity contribution < 1.29 is 4.79 Å². The first-order valence-corrected chi connectivity index (χ1v) is 6.02. The molecule has 3 aromatic rings. The van der Waals surface area contributed by atoms with E-state index in [0.29, 0.717) is 11.3 Å². The van der Waals surface area contributed by atoms with Crippen LogP contribution in [0.25, 0.3) is 11.0 Å². The molecule has 0 unspecified atom stereocenters. The van der Waals surface area contributed by atoms with E-state index in [1.165, 1.54) is 0 Å². The summed E-state index contributed by atoms with van der Waals surface area (Å²) in [6.07, 6.45) is 1.69. The van der Waals surface area contributed by atoms with Crippen molar-refractivity contribution in [1.82, 2.24) is 9.55 Å². The number of anilines is 1. The lowest BCUT2D eigenvalue weighted by Crippen LogP contribution is -2.09. The van der Waals surface area contributed by atoms with Gasteiger partial charge >= 0.3 is 0 Å². The molecule has 0 aliphatic carbocycles. The monoisotopic (exact) mass is 251 g/mol. The SMILES string of the molecule is Nc1ccc(C(=O)Cn2cnc3ccccc32)cc1. The molecule has 2 aromatic carbocycles. The Kier molecular flexibility index (Phi) is 2.76. The number of nitrogen functional groups attached to an aromatic ring is 1. The summed E-state index contributed by atoms with van der Waals surface area (Å²) in [5, 5.41) is 0. The maximum absolute atomic E-state index is 12.2. The number of rotatable bonds is 3. The first-order chi connectivity index (χ1) is 9.24. The van der Waals surface area contributed by atoms with Crippen LogP contribution in [-0.4, -0.2) is 15.3 Å². The van der Waals surface area contributed by atoms with Gasteiger partial charge in [-0.15, -0.1) is 0 Å². The normalized spacial score (nSPS) is 10.7. The Morgan fingerprint density at radius 1 is 1.11 bits per heavy atom. The fourth-order valence-corrected chi connectivity index (χ4v) is 2.05. The number of ketones is 1. The predicted molar refractivity (Wildman–Crippen MR) is 74.9 cm³/mol. The van der Waals surface area contributed by atoms with Crippen molar-refractivity contribution in [2.45, 2.75) is 6.54 Å². The third-order valence-electron chi connectivity index (χ3n) is 3.07. The minimum atomic E-state index is 0.0446. The van der Waals surface area contributed by atoms with Gasteiger partial charge in [-0.2, -0.15) is 0 Å². The number of hydrogen-bond acceptors (Lipinski definition) is 3. The third-order valence-corrected chi connectivity index (χ3v) is 3.07. The van der Waals surface area contributed by atoms with E-state index < -0.39 is 0 Å². The number of aromatic nitrogens is 2. The van der Waals surface area contributed by atoms with Crippen molar-refractivity contribution in [2.24, 2.45) is 0 Å². The topological polar surface area (TPSA) is 60.9 Å². The van der Waals surface area contributed by atoms with E-state index in [1.54, 1.807) is 30.6 Å². The van der Waals surface area contributed by atoms with Crippen LogP contribution in [0.15, 0.2) is 54.9 Å². The van der Waals surface area contributed by atoms with E-state index >= 15 is 0 Å². The molecule has 0 spiro atoms. The van der Waals surface area contributed by atoms with Crippen LogP contribution in [0.3, 0.4) is 0 Å². The first-order valence-electron chi connectivity index (χ1n) is 6.02. The van der Waals surface area contributed by atoms with E-state index in [1.807, 2.05) is 28.8 Å². The molecule has 3 rings (SSSR count). The van der Waals surface area contributed by atoms with E-state index in [2.05, 4.69) is 4.98 Å². The van der Waals surface area contributed by atoms with E-state index in [4.69, 9.17) is 5.73 Å². The minimum Gasteiger partial charge on any atom is -0.399 e. The van der Waals surface area contributed by atoms with Crippen LogP contribution in [0.2, 0.25) is 0 Å². The molecule has 4 nitrogen and oxygen atoms in total. The number of fused-ring (bicyclic) bond motifs is 1. The Morgan fingerprint density at radius 3 is 2.63 bits per heavy atom. The quantitative estimate of drug-likeness (QED) is 0.574. The molecule has 19 heavy (non-hydrogen) atoms. The maximum atomic E-state index is 12.2. The summed E-state index contributed by atoms with van der Waals surface area (Å²) in [6.45, 7) is 0.282. The van der Waals surface area contributed by atoms with Crippen LogP contribution in [0, 0.1) is 0 Å². The third kappa shape index (κ3) is 2.20. The lowest BCUT2D eigenvalue weighted by Gasteiger charge is -2.04. The summed E-state index contributed by atoms with van der Waals surface area (Å²) < 4.78 is 1.86. The molecule has 0 aliphatic heterocycles. The summed E-state index contributed by atoms with van der Waals surface area (Å²) in [5.74, 6) is 0.0446. The molecule has 0 saturated heterocycles. The number of carbonyl (C=O) groups is 1. The highest BCUT2D eigenvalue weighted by atomic mass is 16.1. The van der Waals surface area contributed by atoms with Gasteiger partial charge in [0.25, 0.3) is 0 Å². The van der Waals surface area contributed by atoms with Crippen LogP contribution in [-0.2, 0) is 6.54 Å². The number of nitrogens with zero attached hydrogens (tertiary/aromatic N) is 2. The van der Waals surface area contributed by atoms with Crippen molar-refractivity contribution in [3.8, 4) is 0 Å². The van der Waals surface area contributed by atoms with Gasteiger partial charge in [-0.1, -0.05) is 12.1 Å². The molecule has 1 heterocycles. The lowest BCUT2D eigenvalue weighted by molar-refractivity contribution is 0.0973. The summed E-state index contributed by atoms with van der Waals surface area (Å²) in [7, 11) is 0. The fraction of sp³-hybridized carbons (Fsp3) is 0.0667. The van der Waals surface area contributed by atoms with Crippen LogP contribution >= 0.6 is 0 Å². The Balaban J connectivity index is 1.89. The van der Waals surface area contributed by atoms with Crippen molar-refractivity contribution in [2.75, 3.05) is 5.73 Å². The Hall–Kier alpha value is -2.62. The highest BCUT2D eigenvalue weighted by Crippen LogP contribution is 2.13. The largest absolute Gasteiger partial charge is 0.399 e. The number of benzene rings is 2. The van der Waals surface area contributed by atoms with Gasteiger partial charge in [0.05, 0.1) is 23.9 Å². The molecule has 0 aliphatic rings. The second kappa shape index (κ2) is 4.57. The number of nitrogens with two attached hydrogens (primary N) is 1. The van der Waals surface area contributed by atoms with Crippen LogP contribution in [0.5, 0.6) is 0 Å². The lowest BCUT2D eigenvalue weighted by atomic mass is 10.1. The molecule has 2 N–H and O–H groups in total. The number of Topliss-reactive ketones (excluding diaryl/α,β-unsaturated/α-hetero) is 1. The number of hydrogen-bond donors (Lipinski definition) is 1. The molecule has 94 valence electrons. The van der Waals surface area contributed by atoms with Crippen LogP contribution in [0.4, 0.5) is 5.69 Å². The van der Waals surface area contributed by atoms with Crippen molar-refractivity contribution >= 4 is 22.5 Å². The number of carbonyl (C=O) groups excluding carboxylic acids is 1. The summed E-state index contributed by atoms with van der Waals surface area (Å²) >= 11 is 0. The van der Waals surface area contributed by atoms with Gasteiger partial charge in [0.15, 0.2) is 5.78 Å². The van der Waals surface area contributed by atoms with Gasteiger partial charge in [0, 0.05) is 11.3 Å². The van der Waals surface area contributed by atoms with E-state index in [0.717, 1.165) is 11.0 Å². The molecule has 0 atom stereocenters. The summed E-state index contributed by atoms with van der Waals surface area (Å²) in [5.41, 5.74) is 8.79. The zero-order valence-corrected chi connectivity index (χ0v) is 10.3. The van der Waals surface area contributed by atoms with E-state index in [9.17, 15) is 4.79 Å². The second-order valence-corrected chi connectivity index (χ2v) is 4.41. The average Bonchev–Trinajstić information content (AvgIpc) is 2.83. The number of imidazole rings is 1. The fourth-order valence-electron chi connectivity index (χ4n) is 2.05. The van der Waals surface area contributed by atoms with Gasteiger partial charge in [-0.25, -0.2) is 4.98 Å².